The minimum atomic E-state index is -0.336. The molecule has 1 aliphatic rings. The SMILES string of the molecule is C[C@H](N)Cn1ncc2ccc3c(c21)O[C@H](CO)CO3.Cl. The van der Waals surface area contributed by atoms with E-state index in [1.165, 1.54) is 0 Å². The molecule has 2 heterocycles. The Balaban J connectivity index is 0.00000147. The Morgan fingerprint density at radius 2 is 2.35 bits per heavy atom. The van der Waals surface area contributed by atoms with E-state index in [4.69, 9.17) is 15.2 Å². The fourth-order valence-corrected chi connectivity index (χ4v) is 2.24. The van der Waals surface area contributed by atoms with Crippen LogP contribution in [0.1, 0.15) is 6.92 Å². The maximum atomic E-state index is 9.21. The second-order valence-electron chi connectivity index (χ2n) is 4.87. The van der Waals surface area contributed by atoms with Crippen molar-refractivity contribution < 1.29 is 14.6 Å². The molecule has 1 aliphatic heterocycles. The Labute approximate surface area is 122 Å². The minimum Gasteiger partial charge on any atom is -0.486 e. The third-order valence-electron chi connectivity index (χ3n) is 3.09. The van der Waals surface area contributed by atoms with Gasteiger partial charge in [-0.3, -0.25) is 4.68 Å². The van der Waals surface area contributed by atoms with Crippen LogP contribution >= 0.6 is 12.4 Å². The van der Waals surface area contributed by atoms with Crippen molar-refractivity contribution in [3.63, 3.8) is 0 Å². The van der Waals surface area contributed by atoms with Crippen molar-refractivity contribution in [2.75, 3.05) is 13.2 Å². The van der Waals surface area contributed by atoms with Gasteiger partial charge in [0.2, 0.25) is 0 Å². The molecule has 0 saturated carbocycles. The lowest BCUT2D eigenvalue weighted by Crippen LogP contribution is -2.32. The van der Waals surface area contributed by atoms with Crippen molar-refractivity contribution in [2.45, 2.75) is 25.6 Å². The van der Waals surface area contributed by atoms with Gasteiger partial charge in [0.15, 0.2) is 17.6 Å². The van der Waals surface area contributed by atoms with Crippen molar-refractivity contribution in [2.24, 2.45) is 5.73 Å². The summed E-state index contributed by atoms with van der Waals surface area (Å²) in [6.07, 6.45) is 1.45. The second kappa shape index (κ2) is 5.87. The summed E-state index contributed by atoms with van der Waals surface area (Å²) in [5.74, 6) is 1.32. The fourth-order valence-electron chi connectivity index (χ4n) is 2.24. The number of hydrogen-bond donors (Lipinski definition) is 2. The summed E-state index contributed by atoms with van der Waals surface area (Å²) in [5.41, 5.74) is 6.70. The van der Waals surface area contributed by atoms with Gasteiger partial charge in [0.05, 0.1) is 19.3 Å². The Morgan fingerprint density at radius 1 is 1.55 bits per heavy atom. The van der Waals surface area contributed by atoms with Gasteiger partial charge in [0, 0.05) is 11.4 Å². The first-order valence-electron chi connectivity index (χ1n) is 6.33. The summed E-state index contributed by atoms with van der Waals surface area (Å²) in [7, 11) is 0. The van der Waals surface area contributed by atoms with Crippen LogP contribution in [-0.4, -0.2) is 40.2 Å². The summed E-state index contributed by atoms with van der Waals surface area (Å²) in [4.78, 5) is 0. The normalized spacial score (nSPS) is 18.6. The van der Waals surface area contributed by atoms with Crippen LogP contribution in [0.4, 0.5) is 0 Å². The molecule has 0 saturated heterocycles. The van der Waals surface area contributed by atoms with Gasteiger partial charge in [0.1, 0.15) is 12.1 Å². The summed E-state index contributed by atoms with van der Waals surface area (Å²) in [6.45, 7) is 2.82. The van der Waals surface area contributed by atoms with Crippen LogP contribution in [0.15, 0.2) is 18.3 Å². The van der Waals surface area contributed by atoms with Crippen LogP contribution in [0.3, 0.4) is 0 Å². The highest BCUT2D eigenvalue weighted by Crippen LogP contribution is 2.38. The Morgan fingerprint density at radius 3 is 3.05 bits per heavy atom. The van der Waals surface area contributed by atoms with Crippen LogP contribution in [0.25, 0.3) is 10.9 Å². The van der Waals surface area contributed by atoms with E-state index in [0.717, 1.165) is 10.9 Å². The fraction of sp³-hybridized carbons (Fsp3) is 0.462. The summed E-state index contributed by atoms with van der Waals surface area (Å²) in [6, 6.07) is 3.81. The Hall–Kier alpha value is -1.50. The van der Waals surface area contributed by atoms with Crippen molar-refractivity contribution in [1.29, 1.82) is 0 Å². The first kappa shape index (κ1) is 14.9. The van der Waals surface area contributed by atoms with E-state index in [0.29, 0.717) is 24.7 Å². The van der Waals surface area contributed by atoms with Crippen molar-refractivity contribution >= 4 is 23.3 Å². The van der Waals surface area contributed by atoms with Gasteiger partial charge in [0.25, 0.3) is 0 Å². The molecule has 6 nitrogen and oxygen atoms in total. The number of aromatic nitrogens is 2. The molecule has 0 aliphatic carbocycles. The van der Waals surface area contributed by atoms with Gasteiger partial charge in [-0.25, -0.2) is 0 Å². The molecule has 0 fully saturated rings. The molecular weight excluding hydrogens is 282 g/mol. The largest absolute Gasteiger partial charge is 0.486 e. The third kappa shape index (κ3) is 2.54. The molecule has 1 aromatic heterocycles. The Bertz CT molecular complexity index is 600. The lowest BCUT2D eigenvalue weighted by atomic mass is 10.2. The molecule has 2 atom stereocenters. The molecular formula is C13H18ClN3O3. The number of hydrogen-bond acceptors (Lipinski definition) is 5. The maximum absolute atomic E-state index is 9.21. The summed E-state index contributed by atoms with van der Waals surface area (Å²) >= 11 is 0. The summed E-state index contributed by atoms with van der Waals surface area (Å²) in [5, 5.41) is 14.5. The highest BCUT2D eigenvalue weighted by Gasteiger charge is 2.24. The molecule has 0 unspecified atom stereocenters. The van der Waals surface area contributed by atoms with Gasteiger partial charge in [-0.1, -0.05) is 0 Å². The van der Waals surface area contributed by atoms with Gasteiger partial charge in [-0.2, -0.15) is 5.10 Å². The van der Waals surface area contributed by atoms with E-state index in [1.54, 1.807) is 6.20 Å². The third-order valence-corrected chi connectivity index (χ3v) is 3.09. The zero-order valence-corrected chi connectivity index (χ0v) is 12.0. The average Bonchev–Trinajstić information content (AvgIpc) is 2.81. The van der Waals surface area contributed by atoms with Crippen LogP contribution in [0.2, 0.25) is 0 Å². The molecule has 3 rings (SSSR count). The van der Waals surface area contributed by atoms with E-state index < -0.39 is 0 Å². The van der Waals surface area contributed by atoms with Crippen LogP contribution < -0.4 is 15.2 Å². The number of benzene rings is 1. The van der Waals surface area contributed by atoms with E-state index in [1.807, 2.05) is 23.7 Å². The van der Waals surface area contributed by atoms with E-state index in [2.05, 4.69) is 5.10 Å². The summed E-state index contributed by atoms with van der Waals surface area (Å²) < 4.78 is 13.2. The first-order valence-corrected chi connectivity index (χ1v) is 6.33. The molecule has 0 radical (unpaired) electrons. The number of halogens is 1. The van der Waals surface area contributed by atoms with E-state index in [9.17, 15) is 5.11 Å². The zero-order chi connectivity index (χ0) is 13.4. The number of aliphatic hydroxyl groups is 1. The standard InChI is InChI=1S/C13H17N3O3.ClH/c1-8(14)5-16-12-9(4-15-16)2-3-11-13(12)19-10(6-17)7-18-11;/h2-4,8,10,17H,5-7,14H2,1H3;1H/t8-,10+;/m0./s1. The highest BCUT2D eigenvalue weighted by atomic mass is 35.5. The molecule has 3 N–H and O–H groups in total. The lowest BCUT2D eigenvalue weighted by Gasteiger charge is -2.26. The molecule has 0 spiro atoms. The molecule has 110 valence electrons. The zero-order valence-electron chi connectivity index (χ0n) is 11.2. The van der Waals surface area contributed by atoms with E-state index in [-0.39, 0.29) is 31.2 Å². The smallest absolute Gasteiger partial charge is 0.187 e. The monoisotopic (exact) mass is 299 g/mol. The van der Waals surface area contributed by atoms with Crippen molar-refractivity contribution in [1.82, 2.24) is 9.78 Å². The van der Waals surface area contributed by atoms with Crippen LogP contribution in [0, 0.1) is 0 Å². The van der Waals surface area contributed by atoms with E-state index >= 15 is 0 Å². The Kier molecular flexibility index (Phi) is 4.37. The minimum absolute atomic E-state index is 0. The first-order chi connectivity index (χ1) is 9.19. The van der Waals surface area contributed by atoms with Gasteiger partial charge in [-0.05, 0) is 19.1 Å². The number of nitrogens with zero attached hydrogens (tertiary/aromatic N) is 2. The average molecular weight is 300 g/mol. The number of ether oxygens (including phenoxy) is 2. The number of aliphatic hydroxyl groups excluding tert-OH is 1. The number of fused-ring (bicyclic) bond motifs is 3. The number of nitrogens with two attached hydrogens (primary N) is 1. The predicted octanol–water partition coefficient (Wildman–Crippen LogP) is 0.937. The molecule has 0 bridgehead atoms. The highest BCUT2D eigenvalue weighted by molar-refractivity contribution is 5.87. The second-order valence-corrected chi connectivity index (χ2v) is 4.87. The van der Waals surface area contributed by atoms with Crippen LogP contribution in [-0.2, 0) is 6.54 Å². The lowest BCUT2D eigenvalue weighted by molar-refractivity contribution is 0.0468. The topological polar surface area (TPSA) is 82.5 Å². The van der Waals surface area contributed by atoms with Crippen LogP contribution in [0.5, 0.6) is 11.5 Å². The number of rotatable bonds is 3. The van der Waals surface area contributed by atoms with Gasteiger partial charge >= 0.3 is 0 Å². The quantitative estimate of drug-likeness (QED) is 0.881. The molecule has 0 amide bonds. The molecule has 7 heteroatoms. The van der Waals surface area contributed by atoms with Gasteiger partial charge < -0.3 is 20.3 Å². The van der Waals surface area contributed by atoms with Gasteiger partial charge in [-0.15, -0.1) is 12.4 Å². The molecule has 1 aromatic carbocycles. The molecule has 2 aromatic rings. The van der Waals surface area contributed by atoms with Crippen molar-refractivity contribution in [3.05, 3.63) is 18.3 Å². The maximum Gasteiger partial charge on any atom is 0.187 e. The predicted molar refractivity (Wildman–Crippen MR) is 77.6 cm³/mol. The van der Waals surface area contributed by atoms with Crippen molar-refractivity contribution in [3.8, 4) is 11.5 Å². The molecule has 20 heavy (non-hydrogen) atoms.